The Morgan fingerprint density at radius 3 is 2.65 bits per heavy atom. The lowest BCUT2D eigenvalue weighted by molar-refractivity contribution is -0.201. The third kappa shape index (κ3) is 4.77. The summed E-state index contributed by atoms with van der Waals surface area (Å²) in [6.07, 6.45) is -7.05. The number of rotatable bonds is 5. The number of benzene rings is 1. The number of halogens is 4. The van der Waals surface area contributed by atoms with Gasteiger partial charge in [0.25, 0.3) is 0 Å². The van der Waals surface area contributed by atoms with Gasteiger partial charge in [-0.15, -0.1) is 0 Å². The molecule has 2 N–H and O–H groups in total. The zero-order chi connectivity index (χ0) is 15.3. The van der Waals surface area contributed by atoms with Crippen LogP contribution in [-0.4, -0.2) is 37.0 Å². The van der Waals surface area contributed by atoms with E-state index in [2.05, 4.69) is 26.0 Å². The van der Waals surface area contributed by atoms with Crippen molar-refractivity contribution >= 4 is 21.9 Å². The van der Waals surface area contributed by atoms with E-state index in [1.54, 1.807) is 6.07 Å². The predicted octanol–water partition coefficient (Wildman–Crippen LogP) is 2.25. The molecule has 0 fully saturated rings. The Hall–Kier alpha value is -1.12. The van der Waals surface area contributed by atoms with E-state index >= 15 is 0 Å². The molecule has 1 rings (SSSR count). The molecule has 0 aliphatic rings. The van der Waals surface area contributed by atoms with Crippen molar-refractivity contribution in [2.24, 2.45) is 0 Å². The number of hydrogen-bond acceptors (Lipinski definition) is 4. The second-order valence-corrected chi connectivity index (χ2v) is 4.84. The third-order valence-corrected chi connectivity index (χ3v) is 3.24. The van der Waals surface area contributed by atoms with E-state index in [9.17, 15) is 18.0 Å². The molecule has 112 valence electrons. The van der Waals surface area contributed by atoms with Crippen LogP contribution in [0.4, 0.5) is 13.2 Å². The molecule has 1 atom stereocenters. The van der Waals surface area contributed by atoms with Crippen LogP contribution in [0.5, 0.6) is 0 Å². The van der Waals surface area contributed by atoms with Crippen LogP contribution in [0, 0.1) is 0 Å². The smallest absolute Gasteiger partial charge is 0.415 e. The molecule has 1 aromatic carbocycles. The van der Waals surface area contributed by atoms with E-state index in [0.29, 0.717) is 15.6 Å². The van der Waals surface area contributed by atoms with Crippen molar-refractivity contribution in [1.82, 2.24) is 5.32 Å². The standard InChI is InChI=1S/C12H13BrF3NO3/c1-20-11(19)7-2-3-8(9(13)4-7)5-17-6-10(18)12(14,15)16/h2-4,10,17-18H,5-6H2,1H3. The van der Waals surface area contributed by atoms with Crippen LogP contribution in [0.1, 0.15) is 15.9 Å². The van der Waals surface area contributed by atoms with E-state index in [1.807, 2.05) is 0 Å². The van der Waals surface area contributed by atoms with Crippen molar-refractivity contribution in [1.29, 1.82) is 0 Å². The highest BCUT2D eigenvalue weighted by Crippen LogP contribution is 2.21. The highest BCUT2D eigenvalue weighted by molar-refractivity contribution is 9.10. The Kier molecular flexibility index (Phi) is 5.97. The van der Waals surface area contributed by atoms with Crippen LogP contribution in [0.15, 0.2) is 22.7 Å². The molecule has 1 unspecified atom stereocenters. The summed E-state index contributed by atoms with van der Waals surface area (Å²) in [7, 11) is 1.25. The highest BCUT2D eigenvalue weighted by atomic mass is 79.9. The summed E-state index contributed by atoms with van der Waals surface area (Å²) in [4.78, 5) is 11.3. The Morgan fingerprint density at radius 2 is 2.15 bits per heavy atom. The van der Waals surface area contributed by atoms with Crippen LogP contribution in [0.25, 0.3) is 0 Å². The number of carbonyl (C=O) groups is 1. The van der Waals surface area contributed by atoms with Gasteiger partial charge in [0, 0.05) is 17.6 Å². The summed E-state index contributed by atoms with van der Waals surface area (Å²) in [5.74, 6) is -0.502. The van der Waals surface area contributed by atoms with Gasteiger partial charge in [-0.3, -0.25) is 0 Å². The van der Waals surface area contributed by atoms with E-state index < -0.39 is 24.8 Å². The zero-order valence-electron chi connectivity index (χ0n) is 10.5. The van der Waals surface area contributed by atoms with Gasteiger partial charge in [-0.25, -0.2) is 4.79 Å². The lowest BCUT2D eigenvalue weighted by atomic mass is 10.1. The van der Waals surface area contributed by atoms with E-state index in [0.717, 1.165) is 0 Å². The summed E-state index contributed by atoms with van der Waals surface area (Å²) < 4.78 is 41.4. The van der Waals surface area contributed by atoms with Crippen molar-refractivity contribution in [3.05, 3.63) is 33.8 Å². The molecule has 0 radical (unpaired) electrons. The minimum atomic E-state index is -4.64. The van der Waals surface area contributed by atoms with Gasteiger partial charge < -0.3 is 15.2 Å². The van der Waals surface area contributed by atoms with E-state index in [4.69, 9.17) is 5.11 Å². The summed E-state index contributed by atoms with van der Waals surface area (Å²) in [5.41, 5.74) is 0.991. The van der Waals surface area contributed by atoms with Crippen LogP contribution in [0.2, 0.25) is 0 Å². The first-order valence-corrected chi connectivity index (χ1v) is 6.37. The number of carbonyl (C=O) groups excluding carboxylic acids is 1. The van der Waals surface area contributed by atoms with Gasteiger partial charge in [-0.05, 0) is 17.7 Å². The largest absolute Gasteiger partial charge is 0.465 e. The molecule has 0 saturated carbocycles. The quantitative estimate of drug-likeness (QED) is 0.795. The number of aliphatic hydroxyl groups excluding tert-OH is 1. The molecular formula is C12H13BrF3NO3. The number of esters is 1. The Labute approximate surface area is 122 Å². The first-order valence-electron chi connectivity index (χ1n) is 5.58. The first-order chi connectivity index (χ1) is 9.25. The average Bonchev–Trinajstić information content (AvgIpc) is 2.38. The van der Waals surface area contributed by atoms with Crippen molar-refractivity contribution < 1.29 is 27.8 Å². The van der Waals surface area contributed by atoms with Crippen molar-refractivity contribution in [2.45, 2.75) is 18.8 Å². The summed E-state index contributed by atoms with van der Waals surface area (Å²) in [6, 6.07) is 4.61. The minimum absolute atomic E-state index is 0.120. The van der Waals surface area contributed by atoms with Gasteiger partial charge in [0.1, 0.15) is 0 Å². The fraction of sp³-hybridized carbons (Fsp3) is 0.417. The molecule has 0 aliphatic carbocycles. The second-order valence-electron chi connectivity index (χ2n) is 3.99. The fourth-order valence-electron chi connectivity index (χ4n) is 1.39. The SMILES string of the molecule is COC(=O)c1ccc(CNCC(O)C(F)(F)F)c(Br)c1. The average molecular weight is 356 g/mol. The van der Waals surface area contributed by atoms with Gasteiger partial charge in [0.2, 0.25) is 0 Å². The zero-order valence-corrected chi connectivity index (χ0v) is 12.1. The van der Waals surface area contributed by atoms with Crippen LogP contribution < -0.4 is 5.32 Å². The van der Waals surface area contributed by atoms with E-state index in [1.165, 1.54) is 19.2 Å². The maximum atomic E-state index is 12.1. The lowest BCUT2D eigenvalue weighted by Crippen LogP contribution is -2.38. The lowest BCUT2D eigenvalue weighted by Gasteiger charge is -2.15. The number of hydrogen-bond donors (Lipinski definition) is 2. The van der Waals surface area contributed by atoms with Crippen molar-refractivity contribution in [3.63, 3.8) is 0 Å². The molecule has 20 heavy (non-hydrogen) atoms. The second kappa shape index (κ2) is 7.05. The van der Waals surface area contributed by atoms with Gasteiger partial charge in [-0.1, -0.05) is 22.0 Å². The summed E-state index contributed by atoms with van der Waals surface area (Å²) >= 11 is 3.22. The molecule has 0 spiro atoms. The van der Waals surface area contributed by atoms with E-state index in [-0.39, 0.29) is 6.54 Å². The maximum absolute atomic E-state index is 12.1. The maximum Gasteiger partial charge on any atom is 0.415 e. The normalized spacial score (nSPS) is 13.1. The molecule has 0 amide bonds. The van der Waals surface area contributed by atoms with Crippen molar-refractivity contribution in [2.75, 3.05) is 13.7 Å². The topological polar surface area (TPSA) is 58.6 Å². The number of aliphatic hydroxyl groups is 1. The molecule has 0 bridgehead atoms. The molecule has 8 heteroatoms. The molecule has 0 aromatic heterocycles. The van der Waals surface area contributed by atoms with Crippen molar-refractivity contribution in [3.8, 4) is 0 Å². The summed E-state index contributed by atoms with van der Waals surface area (Å²) in [5, 5.41) is 11.3. The minimum Gasteiger partial charge on any atom is -0.465 e. The monoisotopic (exact) mass is 355 g/mol. The third-order valence-electron chi connectivity index (χ3n) is 2.51. The highest BCUT2D eigenvalue weighted by Gasteiger charge is 2.37. The molecular weight excluding hydrogens is 343 g/mol. The van der Waals surface area contributed by atoms with Crippen LogP contribution in [0.3, 0.4) is 0 Å². The number of nitrogens with one attached hydrogen (secondary N) is 1. The number of alkyl halides is 3. The number of methoxy groups -OCH3 is 1. The fourth-order valence-corrected chi connectivity index (χ4v) is 1.91. The first kappa shape index (κ1) is 16.9. The molecule has 0 aliphatic heterocycles. The van der Waals surface area contributed by atoms with Crippen LogP contribution in [-0.2, 0) is 11.3 Å². The Balaban J connectivity index is 2.59. The number of ether oxygens (including phenoxy) is 1. The van der Waals surface area contributed by atoms with Gasteiger partial charge >= 0.3 is 12.1 Å². The molecule has 0 heterocycles. The Morgan fingerprint density at radius 1 is 1.50 bits per heavy atom. The predicted molar refractivity (Wildman–Crippen MR) is 69.3 cm³/mol. The van der Waals surface area contributed by atoms with Gasteiger partial charge in [0.05, 0.1) is 12.7 Å². The van der Waals surface area contributed by atoms with Crippen LogP contribution >= 0.6 is 15.9 Å². The molecule has 4 nitrogen and oxygen atoms in total. The van der Waals surface area contributed by atoms with Gasteiger partial charge in [0.15, 0.2) is 6.10 Å². The molecule has 0 saturated heterocycles. The Bertz CT molecular complexity index is 480. The molecule has 1 aromatic rings. The van der Waals surface area contributed by atoms with Gasteiger partial charge in [-0.2, -0.15) is 13.2 Å². The summed E-state index contributed by atoms with van der Waals surface area (Å²) in [6.45, 7) is -0.482.